The number of rotatable bonds is 3. The smallest absolute Gasteiger partial charge is 0.200 e. The molecule has 0 aliphatic heterocycles. The van der Waals surface area contributed by atoms with Crippen LogP contribution in [0, 0.1) is 6.92 Å². The zero-order valence-corrected chi connectivity index (χ0v) is 9.06. The minimum Gasteiger partial charge on any atom is -0.348 e. The van der Waals surface area contributed by atoms with E-state index in [4.69, 9.17) is 0 Å². The van der Waals surface area contributed by atoms with Crippen LogP contribution in [0.15, 0.2) is 23.7 Å². The summed E-state index contributed by atoms with van der Waals surface area (Å²) in [7, 11) is 0. The second-order valence-electron chi connectivity index (χ2n) is 3.30. The Kier molecular flexibility index (Phi) is 2.54. The van der Waals surface area contributed by atoms with E-state index in [2.05, 4.69) is 39.7 Å². The first kappa shape index (κ1) is 9.27. The molecule has 74 valence electrons. The molecule has 0 amide bonds. The minimum absolute atomic E-state index is 0.306. The average molecular weight is 207 g/mol. The molecular weight excluding hydrogens is 194 g/mol. The van der Waals surface area contributed by atoms with Gasteiger partial charge in [0.15, 0.2) is 0 Å². The van der Waals surface area contributed by atoms with Crippen LogP contribution in [-0.2, 0) is 0 Å². The summed E-state index contributed by atoms with van der Waals surface area (Å²) in [5, 5.41) is 5.39. The quantitative estimate of drug-likeness (QED) is 0.812. The van der Waals surface area contributed by atoms with E-state index in [1.54, 1.807) is 11.3 Å². The number of thiophene rings is 1. The lowest BCUT2D eigenvalue weighted by Crippen LogP contribution is -2.05. The molecule has 0 radical (unpaired) electrons. The topological polar surface area (TPSA) is 40.7 Å². The molecule has 0 saturated carbocycles. The maximum atomic E-state index is 4.20. The fraction of sp³-hybridized carbons (Fsp3) is 0.300. The lowest BCUT2D eigenvalue weighted by atomic mass is 10.3. The van der Waals surface area contributed by atoms with Gasteiger partial charge in [-0.3, -0.25) is 0 Å². The third kappa shape index (κ3) is 1.96. The Labute approximate surface area is 87.2 Å². The van der Waals surface area contributed by atoms with Crippen molar-refractivity contribution in [1.82, 2.24) is 9.97 Å². The summed E-state index contributed by atoms with van der Waals surface area (Å²) in [6, 6.07) is 4.49. The molecule has 2 rings (SSSR count). The predicted octanol–water partition coefficient (Wildman–Crippen LogP) is 2.95. The van der Waals surface area contributed by atoms with Crippen LogP contribution in [0.4, 0.5) is 5.95 Å². The summed E-state index contributed by atoms with van der Waals surface area (Å²) in [6.45, 7) is 4.12. The zero-order valence-electron chi connectivity index (χ0n) is 8.24. The van der Waals surface area contributed by atoms with E-state index in [1.807, 2.05) is 13.1 Å². The molecule has 2 heterocycles. The monoisotopic (exact) mass is 207 g/mol. The SMILES string of the molecule is Cc1cnc(NC(C)c2cccs2)[nH]1. The molecule has 2 aromatic heterocycles. The highest BCUT2D eigenvalue weighted by atomic mass is 32.1. The number of nitrogens with one attached hydrogen (secondary N) is 2. The standard InChI is InChI=1S/C10H13N3S/c1-7-6-11-10(12-7)13-8(2)9-4-3-5-14-9/h3-6,8H,1-2H3,(H2,11,12,13). The molecule has 3 nitrogen and oxygen atoms in total. The van der Waals surface area contributed by atoms with E-state index in [9.17, 15) is 0 Å². The fourth-order valence-corrected chi connectivity index (χ4v) is 2.03. The van der Waals surface area contributed by atoms with Crippen LogP contribution < -0.4 is 5.32 Å². The minimum atomic E-state index is 0.306. The lowest BCUT2D eigenvalue weighted by molar-refractivity contribution is 0.887. The highest BCUT2D eigenvalue weighted by molar-refractivity contribution is 7.10. The Bertz CT molecular complexity index is 391. The third-order valence-corrected chi connectivity index (χ3v) is 3.08. The van der Waals surface area contributed by atoms with E-state index >= 15 is 0 Å². The van der Waals surface area contributed by atoms with Gasteiger partial charge in [0.05, 0.1) is 6.04 Å². The van der Waals surface area contributed by atoms with Crippen molar-refractivity contribution in [3.8, 4) is 0 Å². The number of anilines is 1. The van der Waals surface area contributed by atoms with Crippen LogP contribution in [-0.4, -0.2) is 9.97 Å². The van der Waals surface area contributed by atoms with Gasteiger partial charge in [-0.15, -0.1) is 11.3 Å². The number of aromatic amines is 1. The van der Waals surface area contributed by atoms with Gasteiger partial charge in [0.2, 0.25) is 5.95 Å². The Balaban J connectivity index is 2.05. The number of hydrogen-bond acceptors (Lipinski definition) is 3. The maximum Gasteiger partial charge on any atom is 0.200 e. The van der Waals surface area contributed by atoms with Crippen LogP contribution in [0.1, 0.15) is 23.5 Å². The molecule has 0 saturated heterocycles. The van der Waals surface area contributed by atoms with Crippen LogP contribution in [0.2, 0.25) is 0 Å². The van der Waals surface area contributed by atoms with Crippen molar-refractivity contribution in [2.45, 2.75) is 19.9 Å². The first-order chi connectivity index (χ1) is 6.75. The molecule has 2 aromatic rings. The average Bonchev–Trinajstić information content (AvgIpc) is 2.75. The number of nitrogens with zero attached hydrogens (tertiary/aromatic N) is 1. The maximum absolute atomic E-state index is 4.20. The number of aryl methyl sites for hydroxylation is 1. The summed E-state index contributed by atoms with van der Waals surface area (Å²) >= 11 is 1.75. The van der Waals surface area contributed by atoms with Gasteiger partial charge in [0.25, 0.3) is 0 Å². The van der Waals surface area contributed by atoms with Gasteiger partial charge >= 0.3 is 0 Å². The van der Waals surface area contributed by atoms with Gasteiger partial charge in [-0.1, -0.05) is 6.07 Å². The molecule has 1 unspecified atom stereocenters. The predicted molar refractivity (Wildman–Crippen MR) is 59.7 cm³/mol. The van der Waals surface area contributed by atoms with E-state index in [0.29, 0.717) is 6.04 Å². The Morgan fingerprint density at radius 2 is 2.43 bits per heavy atom. The number of aromatic nitrogens is 2. The van der Waals surface area contributed by atoms with E-state index < -0.39 is 0 Å². The van der Waals surface area contributed by atoms with Crippen molar-refractivity contribution >= 4 is 17.3 Å². The molecule has 4 heteroatoms. The molecule has 0 spiro atoms. The van der Waals surface area contributed by atoms with Crippen LogP contribution in [0.5, 0.6) is 0 Å². The molecule has 2 N–H and O–H groups in total. The molecule has 14 heavy (non-hydrogen) atoms. The van der Waals surface area contributed by atoms with Crippen LogP contribution >= 0.6 is 11.3 Å². The highest BCUT2D eigenvalue weighted by Crippen LogP contribution is 2.21. The molecule has 0 aliphatic carbocycles. The van der Waals surface area contributed by atoms with Crippen LogP contribution in [0.25, 0.3) is 0 Å². The van der Waals surface area contributed by atoms with Crippen LogP contribution in [0.3, 0.4) is 0 Å². The first-order valence-corrected chi connectivity index (χ1v) is 5.45. The Morgan fingerprint density at radius 3 is 3.00 bits per heavy atom. The van der Waals surface area contributed by atoms with Crippen molar-refractivity contribution < 1.29 is 0 Å². The highest BCUT2D eigenvalue weighted by Gasteiger charge is 2.07. The van der Waals surface area contributed by atoms with Crippen molar-refractivity contribution in [2.75, 3.05) is 5.32 Å². The third-order valence-electron chi connectivity index (χ3n) is 2.03. The van der Waals surface area contributed by atoms with Gasteiger partial charge < -0.3 is 10.3 Å². The van der Waals surface area contributed by atoms with Crippen molar-refractivity contribution in [2.24, 2.45) is 0 Å². The fourth-order valence-electron chi connectivity index (χ4n) is 1.30. The van der Waals surface area contributed by atoms with Gasteiger partial charge in [0, 0.05) is 16.8 Å². The van der Waals surface area contributed by atoms with E-state index in [-0.39, 0.29) is 0 Å². The Morgan fingerprint density at radius 1 is 1.57 bits per heavy atom. The number of H-pyrrole nitrogens is 1. The van der Waals surface area contributed by atoms with E-state index in [0.717, 1.165) is 11.6 Å². The summed E-state index contributed by atoms with van der Waals surface area (Å²) in [4.78, 5) is 8.67. The number of imidazole rings is 1. The molecule has 0 fully saturated rings. The second-order valence-corrected chi connectivity index (χ2v) is 4.28. The second kappa shape index (κ2) is 3.84. The normalized spacial score (nSPS) is 12.7. The Hall–Kier alpha value is -1.29. The summed E-state index contributed by atoms with van der Waals surface area (Å²) in [5.74, 6) is 0.836. The summed E-state index contributed by atoms with van der Waals surface area (Å²) in [5.41, 5.74) is 1.07. The molecule has 0 bridgehead atoms. The van der Waals surface area contributed by atoms with Crippen molar-refractivity contribution in [1.29, 1.82) is 0 Å². The summed E-state index contributed by atoms with van der Waals surface area (Å²) in [6.07, 6.45) is 1.82. The van der Waals surface area contributed by atoms with Gasteiger partial charge in [0.1, 0.15) is 0 Å². The van der Waals surface area contributed by atoms with Crippen molar-refractivity contribution in [3.63, 3.8) is 0 Å². The van der Waals surface area contributed by atoms with Gasteiger partial charge in [-0.05, 0) is 25.3 Å². The van der Waals surface area contributed by atoms with Crippen molar-refractivity contribution in [3.05, 3.63) is 34.3 Å². The molecule has 0 aromatic carbocycles. The summed E-state index contributed by atoms with van der Waals surface area (Å²) < 4.78 is 0. The molecule has 1 atom stereocenters. The van der Waals surface area contributed by atoms with Gasteiger partial charge in [-0.2, -0.15) is 0 Å². The van der Waals surface area contributed by atoms with Gasteiger partial charge in [-0.25, -0.2) is 4.98 Å². The van der Waals surface area contributed by atoms with E-state index in [1.165, 1.54) is 4.88 Å². The first-order valence-electron chi connectivity index (χ1n) is 4.57. The molecule has 0 aliphatic rings. The number of hydrogen-bond donors (Lipinski definition) is 2. The zero-order chi connectivity index (χ0) is 9.97. The largest absolute Gasteiger partial charge is 0.348 e. The lowest BCUT2D eigenvalue weighted by Gasteiger charge is -2.10. The molecular formula is C10H13N3S.